The predicted octanol–water partition coefficient (Wildman–Crippen LogP) is 3.18. The fourth-order valence-electron chi connectivity index (χ4n) is 4.66. The summed E-state index contributed by atoms with van der Waals surface area (Å²) >= 11 is 0. The fraction of sp³-hybridized carbons (Fsp3) is 0.400. The number of H-pyrrole nitrogens is 1. The summed E-state index contributed by atoms with van der Waals surface area (Å²) in [6.07, 6.45) is 5.41. The molecule has 1 amide bonds. The fourth-order valence-corrected chi connectivity index (χ4v) is 4.66. The lowest BCUT2D eigenvalue weighted by Gasteiger charge is -2.36. The van der Waals surface area contributed by atoms with Gasteiger partial charge in [0, 0.05) is 60.6 Å². The molecule has 0 radical (unpaired) electrons. The lowest BCUT2D eigenvalue weighted by Crippen LogP contribution is -2.46. The molecule has 0 saturated carbocycles. The Morgan fingerprint density at radius 2 is 1.78 bits per heavy atom. The Hall–Kier alpha value is -3.19. The number of amides is 1. The number of carbonyl (C=O) groups is 1. The van der Waals surface area contributed by atoms with E-state index in [0.29, 0.717) is 18.8 Å². The number of ether oxygens (including phenoxy) is 2. The molecule has 5 rings (SSSR count). The molecular weight excluding hydrogens is 404 g/mol. The topological polar surface area (TPSA) is 83.8 Å². The molecule has 2 aliphatic rings. The number of nitrogens with two attached hydrogens (primary N) is 1. The number of hydrogen-bond donors (Lipinski definition) is 2. The van der Waals surface area contributed by atoms with Crippen LogP contribution in [0, 0.1) is 0 Å². The first kappa shape index (κ1) is 20.7. The molecule has 1 aromatic heterocycles. The minimum absolute atomic E-state index is 0.392. The number of nitrogens with zero attached hydrogens (tertiary/aromatic N) is 2. The second-order valence-corrected chi connectivity index (χ2v) is 8.55. The van der Waals surface area contributed by atoms with Crippen molar-refractivity contribution in [2.75, 3.05) is 50.8 Å². The third kappa shape index (κ3) is 4.39. The molecular formula is C25H30N4O3. The zero-order valence-electron chi connectivity index (χ0n) is 18.3. The normalized spacial score (nSPS) is 16.4. The molecule has 7 nitrogen and oxygen atoms in total. The number of hydrogen-bond acceptors (Lipinski definition) is 5. The van der Waals surface area contributed by atoms with E-state index in [1.54, 1.807) is 0 Å². The molecule has 2 aliphatic heterocycles. The van der Waals surface area contributed by atoms with Crippen LogP contribution in [0.15, 0.2) is 42.6 Å². The molecule has 0 aliphatic carbocycles. The molecule has 3 heterocycles. The largest absolute Gasteiger partial charge is 0.486 e. The van der Waals surface area contributed by atoms with E-state index in [0.717, 1.165) is 62.6 Å². The monoisotopic (exact) mass is 434 g/mol. The zero-order chi connectivity index (χ0) is 21.9. The van der Waals surface area contributed by atoms with E-state index in [2.05, 4.69) is 33.1 Å². The molecule has 3 aromatic rings. The number of piperazine rings is 1. The van der Waals surface area contributed by atoms with Crippen LogP contribution in [-0.4, -0.2) is 61.7 Å². The first-order valence-corrected chi connectivity index (χ1v) is 11.4. The van der Waals surface area contributed by atoms with Crippen LogP contribution in [0.1, 0.15) is 28.8 Å². The van der Waals surface area contributed by atoms with Crippen molar-refractivity contribution in [3.63, 3.8) is 0 Å². The number of rotatable bonds is 7. The van der Waals surface area contributed by atoms with Crippen LogP contribution in [0.4, 0.5) is 5.69 Å². The summed E-state index contributed by atoms with van der Waals surface area (Å²) in [5.74, 6) is 1.32. The number of aromatic nitrogens is 1. The van der Waals surface area contributed by atoms with Crippen molar-refractivity contribution in [3.8, 4) is 11.5 Å². The third-order valence-corrected chi connectivity index (χ3v) is 6.49. The number of unbranched alkanes of at least 4 members (excludes halogenated alkanes) is 1. The van der Waals surface area contributed by atoms with Crippen molar-refractivity contribution in [3.05, 3.63) is 53.7 Å². The molecule has 0 spiro atoms. The van der Waals surface area contributed by atoms with Gasteiger partial charge in [0.25, 0.3) is 0 Å². The van der Waals surface area contributed by atoms with E-state index in [-0.39, 0.29) is 0 Å². The average molecular weight is 435 g/mol. The molecule has 3 N–H and O–H groups in total. The van der Waals surface area contributed by atoms with Crippen LogP contribution in [0.25, 0.3) is 10.9 Å². The molecule has 0 unspecified atom stereocenters. The molecule has 0 bridgehead atoms. The number of primary amides is 1. The lowest BCUT2D eigenvalue weighted by molar-refractivity contribution is 0.100. The van der Waals surface area contributed by atoms with Gasteiger partial charge in [0.15, 0.2) is 11.5 Å². The van der Waals surface area contributed by atoms with Crippen LogP contribution in [0.2, 0.25) is 0 Å². The van der Waals surface area contributed by atoms with Crippen LogP contribution in [-0.2, 0) is 6.42 Å². The van der Waals surface area contributed by atoms with E-state index in [4.69, 9.17) is 15.2 Å². The van der Waals surface area contributed by atoms with Crippen molar-refractivity contribution in [1.82, 2.24) is 9.88 Å². The van der Waals surface area contributed by atoms with E-state index in [1.807, 2.05) is 24.3 Å². The summed E-state index contributed by atoms with van der Waals surface area (Å²) in [7, 11) is 0. The minimum atomic E-state index is -0.392. The van der Waals surface area contributed by atoms with E-state index >= 15 is 0 Å². The number of aryl methyl sites for hydroxylation is 1. The molecule has 1 saturated heterocycles. The summed E-state index contributed by atoms with van der Waals surface area (Å²) in [5, 5.41) is 1.18. The summed E-state index contributed by atoms with van der Waals surface area (Å²) in [6.45, 7) is 6.60. The number of nitrogens with one attached hydrogen (secondary N) is 1. The van der Waals surface area contributed by atoms with Crippen molar-refractivity contribution in [1.29, 1.82) is 0 Å². The van der Waals surface area contributed by atoms with Crippen LogP contribution in [0.5, 0.6) is 11.5 Å². The molecule has 32 heavy (non-hydrogen) atoms. The maximum atomic E-state index is 11.4. The van der Waals surface area contributed by atoms with Crippen LogP contribution < -0.4 is 20.1 Å². The number of carbonyl (C=O) groups excluding carboxylic acids is 1. The van der Waals surface area contributed by atoms with Crippen molar-refractivity contribution >= 4 is 22.5 Å². The highest BCUT2D eigenvalue weighted by Crippen LogP contribution is 2.34. The number of benzene rings is 2. The van der Waals surface area contributed by atoms with Gasteiger partial charge in [-0.1, -0.05) is 6.07 Å². The number of aromatic amines is 1. The molecule has 1 fully saturated rings. The van der Waals surface area contributed by atoms with Gasteiger partial charge in [-0.2, -0.15) is 0 Å². The van der Waals surface area contributed by atoms with Gasteiger partial charge >= 0.3 is 0 Å². The summed E-state index contributed by atoms with van der Waals surface area (Å²) in [5.41, 5.74) is 9.42. The van der Waals surface area contributed by atoms with E-state index in [1.165, 1.54) is 23.1 Å². The smallest absolute Gasteiger partial charge is 0.248 e. The maximum absolute atomic E-state index is 11.4. The Morgan fingerprint density at radius 1 is 0.969 bits per heavy atom. The van der Waals surface area contributed by atoms with Crippen molar-refractivity contribution < 1.29 is 14.3 Å². The predicted molar refractivity (Wildman–Crippen MR) is 126 cm³/mol. The van der Waals surface area contributed by atoms with Gasteiger partial charge in [-0.25, -0.2) is 0 Å². The standard InChI is InChI=1S/C25H30N4O3/c26-25(30)18-4-6-21-19(17-27-22(21)15-18)3-1-2-8-28-9-11-29(12-10-28)20-5-7-23-24(16-20)32-14-13-31-23/h4-7,15-17,27H,1-3,8-14H2,(H2,26,30). The highest BCUT2D eigenvalue weighted by molar-refractivity contribution is 5.97. The summed E-state index contributed by atoms with van der Waals surface area (Å²) in [6, 6.07) is 11.9. The van der Waals surface area contributed by atoms with Crippen molar-refractivity contribution in [2.24, 2.45) is 5.73 Å². The van der Waals surface area contributed by atoms with Gasteiger partial charge in [-0.05, 0) is 55.6 Å². The van der Waals surface area contributed by atoms with Gasteiger partial charge in [0.05, 0.1) is 0 Å². The zero-order valence-corrected chi connectivity index (χ0v) is 18.3. The van der Waals surface area contributed by atoms with Crippen LogP contribution in [0.3, 0.4) is 0 Å². The number of fused-ring (bicyclic) bond motifs is 2. The Bertz CT molecular complexity index is 1100. The second kappa shape index (κ2) is 9.12. The summed E-state index contributed by atoms with van der Waals surface area (Å²) in [4.78, 5) is 19.6. The van der Waals surface area contributed by atoms with Gasteiger partial charge in [-0.15, -0.1) is 0 Å². The Kier molecular flexibility index (Phi) is 5.90. The van der Waals surface area contributed by atoms with E-state index in [9.17, 15) is 4.79 Å². The maximum Gasteiger partial charge on any atom is 0.248 e. The Balaban J connectivity index is 1.08. The van der Waals surface area contributed by atoms with Crippen LogP contribution >= 0.6 is 0 Å². The number of anilines is 1. The van der Waals surface area contributed by atoms with Gasteiger partial charge in [0.2, 0.25) is 5.91 Å². The molecule has 168 valence electrons. The average Bonchev–Trinajstić information content (AvgIpc) is 3.24. The highest BCUT2D eigenvalue weighted by Gasteiger charge is 2.19. The highest BCUT2D eigenvalue weighted by atomic mass is 16.6. The summed E-state index contributed by atoms with van der Waals surface area (Å²) < 4.78 is 11.4. The van der Waals surface area contributed by atoms with Gasteiger partial charge < -0.3 is 25.1 Å². The molecule has 2 aromatic carbocycles. The van der Waals surface area contributed by atoms with E-state index < -0.39 is 5.91 Å². The lowest BCUT2D eigenvalue weighted by atomic mass is 10.1. The van der Waals surface area contributed by atoms with Gasteiger partial charge in [-0.3, -0.25) is 9.69 Å². The minimum Gasteiger partial charge on any atom is -0.486 e. The third-order valence-electron chi connectivity index (χ3n) is 6.49. The Morgan fingerprint density at radius 3 is 2.59 bits per heavy atom. The first-order valence-electron chi connectivity index (χ1n) is 11.4. The van der Waals surface area contributed by atoms with Gasteiger partial charge in [0.1, 0.15) is 13.2 Å². The molecule has 7 heteroatoms. The molecule has 0 atom stereocenters. The first-order chi connectivity index (χ1) is 15.7. The second-order valence-electron chi connectivity index (χ2n) is 8.55. The Labute approximate surface area is 188 Å². The quantitative estimate of drug-likeness (QED) is 0.558. The SMILES string of the molecule is NC(=O)c1ccc2c(CCCCN3CCN(c4ccc5c(c4)OCCO5)CC3)c[nH]c2c1. The van der Waals surface area contributed by atoms with Crippen molar-refractivity contribution in [2.45, 2.75) is 19.3 Å².